The zero-order chi connectivity index (χ0) is 13.1. The predicted molar refractivity (Wildman–Crippen MR) is 58.4 cm³/mol. The summed E-state index contributed by atoms with van der Waals surface area (Å²) in [6.07, 6.45) is -4.64. The number of hydrogen-bond donors (Lipinski definition) is 1. The highest BCUT2D eigenvalue weighted by atomic mass is 19.4. The van der Waals surface area contributed by atoms with Gasteiger partial charge in [-0.25, -0.2) is 5.43 Å². The van der Waals surface area contributed by atoms with E-state index in [1.165, 1.54) is 12.1 Å². The van der Waals surface area contributed by atoms with Gasteiger partial charge in [-0.3, -0.25) is 5.01 Å². The first kappa shape index (κ1) is 13.8. The standard InChI is InChI=1S/C11H15F3N2O/c1-8(15-16(2)3)9-4-6-10(7-5-9)17-11(12,13)14/h4-8,15H,1-3H3. The van der Waals surface area contributed by atoms with Crippen LogP contribution in [-0.4, -0.2) is 25.5 Å². The molecule has 17 heavy (non-hydrogen) atoms. The molecule has 0 amide bonds. The number of nitrogens with one attached hydrogen (secondary N) is 1. The lowest BCUT2D eigenvalue weighted by molar-refractivity contribution is -0.274. The molecule has 0 saturated carbocycles. The van der Waals surface area contributed by atoms with Gasteiger partial charge in [-0.15, -0.1) is 13.2 Å². The summed E-state index contributed by atoms with van der Waals surface area (Å²) in [4.78, 5) is 0. The number of rotatable bonds is 4. The summed E-state index contributed by atoms with van der Waals surface area (Å²) in [5, 5.41) is 1.78. The molecule has 3 nitrogen and oxygen atoms in total. The summed E-state index contributed by atoms with van der Waals surface area (Å²) in [6.45, 7) is 1.92. The number of ether oxygens (including phenoxy) is 1. The van der Waals surface area contributed by atoms with Crippen molar-refractivity contribution in [1.29, 1.82) is 0 Å². The fourth-order valence-corrected chi connectivity index (χ4v) is 1.42. The van der Waals surface area contributed by atoms with Crippen LogP contribution in [0.15, 0.2) is 24.3 Å². The SMILES string of the molecule is CC(NN(C)C)c1ccc(OC(F)(F)F)cc1. The maximum Gasteiger partial charge on any atom is 0.573 e. The molecule has 96 valence electrons. The molecule has 1 unspecified atom stereocenters. The van der Waals surface area contributed by atoms with Crippen LogP contribution in [0.25, 0.3) is 0 Å². The predicted octanol–water partition coefficient (Wildman–Crippen LogP) is 2.71. The van der Waals surface area contributed by atoms with E-state index in [1.807, 2.05) is 21.0 Å². The number of benzene rings is 1. The average Bonchev–Trinajstić information content (AvgIpc) is 2.15. The maximum absolute atomic E-state index is 11.9. The van der Waals surface area contributed by atoms with Gasteiger partial charge in [0.1, 0.15) is 5.75 Å². The molecule has 0 saturated heterocycles. The van der Waals surface area contributed by atoms with Crippen LogP contribution in [0.2, 0.25) is 0 Å². The van der Waals surface area contributed by atoms with Gasteiger partial charge in [0.2, 0.25) is 0 Å². The van der Waals surface area contributed by atoms with Crippen LogP contribution >= 0.6 is 0 Å². The van der Waals surface area contributed by atoms with Crippen molar-refractivity contribution < 1.29 is 17.9 Å². The summed E-state index contributed by atoms with van der Waals surface area (Å²) in [5.41, 5.74) is 3.98. The van der Waals surface area contributed by atoms with Gasteiger partial charge in [0, 0.05) is 20.1 Å². The first-order valence-electron chi connectivity index (χ1n) is 5.07. The highest BCUT2D eigenvalue weighted by molar-refractivity contribution is 5.28. The molecular formula is C11H15F3N2O. The van der Waals surface area contributed by atoms with Crippen LogP contribution in [0, 0.1) is 0 Å². The van der Waals surface area contributed by atoms with E-state index in [9.17, 15) is 13.2 Å². The van der Waals surface area contributed by atoms with Gasteiger partial charge >= 0.3 is 6.36 Å². The quantitative estimate of drug-likeness (QED) is 0.829. The first-order valence-corrected chi connectivity index (χ1v) is 5.07. The molecule has 1 atom stereocenters. The van der Waals surface area contributed by atoms with E-state index in [1.54, 1.807) is 17.1 Å². The van der Waals surface area contributed by atoms with Crippen LogP contribution in [0.5, 0.6) is 5.75 Å². The Morgan fingerprint density at radius 2 is 1.71 bits per heavy atom. The van der Waals surface area contributed by atoms with E-state index in [2.05, 4.69) is 10.2 Å². The maximum atomic E-state index is 11.9. The molecule has 0 aromatic heterocycles. The normalized spacial score (nSPS) is 13.8. The van der Waals surface area contributed by atoms with Gasteiger partial charge in [0.25, 0.3) is 0 Å². The molecule has 1 aromatic carbocycles. The molecule has 0 aliphatic carbocycles. The number of nitrogens with zero attached hydrogens (tertiary/aromatic N) is 1. The van der Waals surface area contributed by atoms with E-state index in [0.29, 0.717) is 0 Å². The molecule has 1 rings (SSSR count). The van der Waals surface area contributed by atoms with Crippen molar-refractivity contribution in [2.24, 2.45) is 0 Å². The van der Waals surface area contributed by atoms with Crippen molar-refractivity contribution in [3.8, 4) is 5.75 Å². The zero-order valence-electron chi connectivity index (χ0n) is 9.88. The van der Waals surface area contributed by atoms with Crippen LogP contribution in [-0.2, 0) is 0 Å². The third kappa shape index (κ3) is 5.06. The monoisotopic (exact) mass is 248 g/mol. The minimum absolute atomic E-state index is 0.0185. The third-order valence-corrected chi connectivity index (χ3v) is 2.07. The summed E-state index contributed by atoms with van der Waals surface area (Å²) in [7, 11) is 3.69. The van der Waals surface area contributed by atoms with Gasteiger partial charge in [-0.2, -0.15) is 0 Å². The molecule has 0 heterocycles. The van der Waals surface area contributed by atoms with Gasteiger partial charge in [0.15, 0.2) is 0 Å². The molecule has 0 spiro atoms. The second-order valence-electron chi connectivity index (χ2n) is 3.86. The fraction of sp³-hybridized carbons (Fsp3) is 0.455. The van der Waals surface area contributed by atoms with Crippen LogP contribution < -0.4 is 10.2 Å². The Labute approximate surface area is 98.1 Å². The van der Waals surface area contributed by atoms with E-state index < -0.39 is 6.36 Å². The highest BCUT2D eigenvalue weighted by Crippen LogP contribution is 2.24. The third-order valence-electron chi connectivity index (χ3n) is 2.07. The second-order valence-corrected chi connectivity index (χ2v) is 3.86. The molecule has 6 heteroatoms. The fourth-order valence-electron chi connectivity index (χ4n) is 1.42. The number of hydrazine groups is 1. The Morgan fingerprint density at radius 3 is 2.12 bits per heavy atom. The van der Waals surface area contributed by atoms with E-state index >= 15 is 0 Å². The Bertz CT molecular complexity index is 349. The number of alkyl halides is 3. The molecule has 0 fully saturated rings. The lowest BCUT2D eigenvalue weighted by atomic mass is 10.1. The van der Waals surface area contributed by atoms with E-state index in [4.69, 9.17) is 0 Å². The molecule has 0 bridgehead atoms. The number of hydrogen-bond acceptors (Lipinski definition) is 3. The lowest BCUT2D eigenvalue weighted by Gasteiger charge is -2.19. The summed E-state index contributed by atoms with van der Waals surface area (Å²) >= 11 is 0. The van der Waals surface area contributed by atoms with Crippen molar-refractivity contribution in [1.82, 2.24) is 10.4 Å². The lowest BCUT2D eigenvalue weighted by Crippen LogP contribution is -2.32. The second kappa shape index (κ2) is 5.37. The smallest absolute Gasteiger partial charge is 0.406 e. The highest BCUT2D eigenvalue weighted by Gasteiger charge is 2.30. The Balaban J connectivity index is 2.67. The van der Waals surface area contributed by atoms with Crippen molar-refractivity contribution in [2.75, 3.05) is 14.1 Å². The molecule has 0 aliphatic rings. The summed E-state index contributed by atoms with van der Waals surface area (Å²) < 4.78 is 39.6. The average molecular weight is 248 g/mol. The molecule has 0 aliphatic heterocycles. The van der Waals surface area contributed by atoms with Crippen LogP contribution in [0.3, 0.4) is 0 Å². The molecule has 0 radical (unpaired) electrons. The minimum atomic E-state index is -4.64. The van der Waals surface area contributed by atoms with Gasteiger partial charge < -0.3 is 4.74 Å². The molecule has 1 N–H and O–H groups in total. The number of halogens is 3. The van der Waals surface area contributed by atoms with E-state index in [-0.39, 0.29) is 11.8 Å². The topological polar surface area (TPSA) is 24.5 Å². The first-order chi connectivity index (χ1) is 7.78. The largest absolute Gasteiger partial charge is 0.573 e. The Hall–Kier alpha value is -1.27. The van der Waals surface area contributed by atoms with Gasteiger partial charge in [0.05, 0.1) is 0 Å². The van der Waals surface area contributed by atoms with Crippen molar-refractivity contribution in [3.63, 3.8) is 0 Å². The zero-order valence-corrected chi connectivity index (χ0v) is 9.88. The minimum Gasteiger partial charge on any atom is -0.406 e. The summed E-state index contributed by atoms with van der Waals surface area (Å²) in [6, 6.07) is 5.82. The van der Waals surface area contributed by atoms with Crippen LogP contribution in [0.1, 0.15) is 18.5 Å². The van der Waals surface area contributed by atoms with Crippen molar-refractivity contribution in [3.05, 3.63) is 29.8 Å². The summed E-state index contributed by atoms with van der Waals surface area (Å²) in [5.74, 6) is -0.210. The van der Waals surface area contributed by atoms with Gasteiger partial charge in [-0.05, 0) is 24.6 Å². The van der Waals surface area contributed by atoms with Crippen molar-refractivity contribution >= 4 is 0 Å². The van der Waals surface area contributed by atoms with Gasteiger partial charge in [-0.1, -0.05) is 12.1 Å². The molecule has 1 aromatic rings. The molecular weight excluding hydrogens is 233 g/mol. The Morgan fingerprint density at radius 1 is 1.18 bits per heavy atom. The Kier molecular flexibility index (Phi) is 4.36. The van der Waals surface area contributed by atoms with Crippen LogP contribution in [0.4, 0.5) is 13.2 Å². The van der Waals surface area contributed by atoms with E-state index in [0.717, 1.165) is 5.56 Å². The van der Waals surface area contributed by atoms with Crippen molar-refractivity contribution in [2.45, 2.75) is 19.3 Å².